The molecule has 2 aliphatic heterocycles. The number of ether oxygens (including phenoxy) is 1. The third kappa shape index (κ3) is 4.02. The Bertz CT molecular complexity index is 855. The van der Waals surface area contributed by atoms with Crippen molar-refractivity contribution in [3.63, 3.8) is 0 Å². The number of nitrogens with zero attached hydrogens (tertiary/aromatic N) is 1. The van der Waals surface area contributed by atoms with Gasteiger partial charge in [-0.1, -0.05) is 42.5 Å². The maximum Gasteiger partial charge on any atom is 0.263 e. The summed E-state index contributed by atoms with van der Waals surface area (Å²) < 4.78 is 5.89. The van der Waals surface area contributed by atoms with Crippen molar-refractivity contribution in [2.45, 2.75) is 32.0 Å². The minimum atomic E-state index is -0.683. The van der Waals surface area contributed by atoms with E-state index in [-0.39, 0.29) is 24.4 Å². The summed E-state index contributed by atoms with van der Waals surface area (Å²) in [6.07, 6.45) is 0.269. The van der Waals surface area contributed by atoms with Crippen LogP contribution in [-0.4, -0.2) is 43.6 Å². The Hall–Kier alpha value is -2.86. The van der Waals surface area contributed by atoms with Gasteiger partial charge in [0.1, 0.15) is 12.3 Å². The zero-order valence-electron chi connectivity index (χ0n) is 16.1. The smallest absolute Gasteiger partial charge is 0.263 e. The van der Waals surface area contributed by atoms with E-state index in [1.165, 1.54) is 17.4 Å². The van der Waals surface area contributed by atoms with Crippen LogP contribution in [0.2, 0.25) is 0 Å². The molecule has 28 heavy (non-hydrogen) atoms. The highest BCUT2D eigenvalue weighted by atomic mass is 16.5. The van der Waals surface area contributed by atoms with E-state index in [1.807, 2.05) is 24.3 Å². The molecule has 3 atom stereocenters. The van der Waals surface area contributed by atoms with Gasteiger partial charge in [-0.25, -0.2) is 0 Å². The van der Waals surface area contributed by atoms with Crippen LogP contribution >= 0.6 is 0 Å². The fourth-order valence-electron chi connectivity index (χ4n) is 4.06. The first kappa shape index (κ1) is 18.5. The summed E-state index contributed by atoms with van der Waals surface area (Å²) in [6, 6.07) is 17.9. The van der Waals surface area contributed by atoms with Gasteiger partial charge in [-0.05, 0) is 12.1 Å². The van der Waals surface area contributed by atoms with Crippen LogP contribution in [0.1, 0.15) is 18.9 Å². The lowest BCUT2D eigenvalue weighted by Crippen LogP contribution is -3.09. The molecule has 2 aromatic carbocycles. The summed E-state index contributed by atoms with van der Waals surface area (Å²) in [5, 5.41) is 3.13. The molecule has 0 spiro atoms. The average Bonchev–Trinajstić information content (AvgIpc) is 3.14. The molecule has 6 nitrogen and oxygen atoms in total. The molecule has 1 saturated heterocycles. The summed E-state index contributed by atoms with van der Waals surface area (Å²) in [4.78, 5) is 27.9. The second kappa shape index (κ2) is 8.02. The normalized spacial score (nSPS) is 23.6. The zero-order valence-corrected chi connectivity index (χ0v) is 16.1. The van der Waals surface area contributed by atoms with Crippen LogP contribution in [0.4, 0.5) is 5.69 Å². The third-order valence-corrected chi connectivity index (χ3v) is 5.47. The van der Waals surface area contributed by atoms with Gasteiger partial charge in [0.15, 0.2) is 6.10 Å². The van der Waals surface area contributed by atoms with Crippen molar-refractivity contribution in [2.24, 2.45) is 0 Å². The average molecular weight is 380 g/mol. The lowest BCUT2D eigenvalue weighted by atomic mass is 10.1. The minimum Gasteiger partial charge on any atom is -0.477 e. The fourth-order valence-corrected chi connectivity index (χ4v) is 4.06. The molecule has 2 amide bonds. The Morgan fingerprint density at radius 1 is 1.14 bits per heavy atom. The van der Waals surface area contributed by atoms with Crippen LogP contribution in [0.3, 0.4) is 0 Å². The monoisotopic (exact) mass is 380 g/mol. The fraction of sp³-hybridized carbons (Fsp3) is 0.364. The molecule has 0 bridgehead atoms. The van der Waals surface area contributed by atoms with Gasteiger partial charge in [0, 0.05) is 18.9 Å². The number of amides is 2. The molecule has 1 unspecified atom stereocenters. The number of anilines is 1. The Kier molecular flexibility index (Phi) is 5.30. The Morgan fingerprint density at radius 3 is 2.68 bits per heavy atom. The van der Waals surface area contributed by atoms with E-state index in [0.29, 0.717) is 5.75 Å². The van der Waals surface area contributed by atoms with Gasteiger partial charge in [-0.15, -0.1) is 0 Å². The van der Waals surface area contributed by atoms with Gasteiger partial charge < -0.3 is 19.9 Å². The number of rotatable bonds is 4. The molecule has 2 heterocycles. The number of benzene rings is 2. The molecule has 2 aromatic rings. The van der Waals surface area contributed by atoms with E-state index < -0.39 is 6.10 Å². The quantitative estimate of drug-likeness (QED) is 0.824. The summed E-state index contributed by atoms with van der Waals surface area (Å²) in [5.74, 6) is 0.339. The topological polar surface area (TPSA) is 63.1 Å². The van der Waals surface area contributed by atoms with Crippen molar-refractivity contribution in [1.29, 1.82) is 0 Å². The van der Waals surface area contributed by atoms with E-state index in [1.54, 1.807) is 11.0 Å². The van der Waals surface area contributed by atoms with E-state index in [0.717, 1.165) is 31.7 Å². The number of likely N-dealkylation sites (tertiary alicyclic amines) is 1. The predicted octanol–water partition coefficient (Wildman–Crippen LogP) is 0.774. The lowest BCUT2D eigenvalue weighted by Gasteiger charge is -2.33. The summed E-state index contributed by atoms with van der Waals surface area (Å²) in [6.45, 7) is 4.66. The van der Waals surface area contributed by atoms with Gasteiger partial charge in [0.25, 0.3) is 5.91 Å². The number of hydrogen-bond donors (Lipinski definition) is 2. The predicted molar refractivity (Wildman–Crippen MR) is 106 cm³/mol. The van der Waals surface area contributed by atoms with Gasteiger partial charge >= 0.3 is 0 Å². The molecular weight excluding hydrogens is 354 g/mol. The summed E-state index contributed by atoms with van der Waals surface area (Å²) >= 11 is 0. The number of quaternary nitrogens is 1. The highest BCUT2D eigenvalue weighted by Gasteiger charge is 2.35. The second-order valence-electron chi connectivity index (χ2n) is 7.56. The third-order valence-electron chi connectivity index (χ3n) is 5.47. The molecule has 4 rings (SSSR count). The van der Waals surface area contributed by atoms with E-state index in [2.05, 4.69) is 29.6 Å². The first-order valence-electron chi connectivity index (χ1n) is 9.82. The largest absolute Gasteiger partial charge is 0.477 e. The number of fused-ring (bicyclic) bond motifs is 1. The van der Waals surface area contributed by atoms with Gasteiger partial charge in [0.05, 0.1) is 31.4 Å². The molecule has 0 aromatic heterocycles. The van der Waals surface area contributed by atoms with Gasteiger partial charge in [-0.3, -0.25) is 9.59 Å². The highest BCUT2D eigenvalue weighted by Crippen LogP contribution is 2.33. The molecule has 2 aliphatic rings. The van der Waals surface area contributed by atoms with Crippen molar-refractivity contribution in [2.75, 3.05) is 24.5 Å². The maximum atomic E-state index is 12.8. The van der Waals surface area contributed by atoms with Crippen molar-refractivity contribution >= 4 is 17.5 Å². The van der Waals surface area contributed by atoms with Crippen LogP contribution in [0.5, 0.6) is 5.75 Å². The number of carbonyl (C=O) groups excluding carboxylic acids is 2. The standard InChI is InChI=1S/C22H25N3O3/c1-16(26)25-15-21(28-20-10-6-5-9-19(20)25)22(27)23-18-11-12-24(14-18)13-17-7-3-2-4-8-17/h2-10,18,21H,11-15H2,1H3,(H,23,27)/p+1/t18-,21+/m0/s1. The second-order valence-corrected chi connectivity index (χ2v) is 7.56. The molecule has 0 saturated carbocycles. The Balaban J connectivity index is 1.36. The van der Waals surface area contributed by atoms with Gasteiger partial charge in [-0.2, -0.15) is 0 Å². The van der Waals surface area contributed by atoms with Crippen LogP contribution in [0.25, 0.3) is 0 Å². The van der Waals surface area contributed by atoms with Crippen molar-refractivity contribution in [1.82, 2.24) is 5.32 Å². The molecule has 2 N–H and O–H groups in total. The van der Waals surface area contributed by atoms with Gasteiger partial charge in [0.2, 0.25) is 5.91 Å². The lowest BCUT2D eigenvalue weighted by molar-refractivity contribution is -0.901. The summed E-state index contributed by atoms with van der Waals surface area (Å²) in [5.41, 5.74) is 2.03. The molecular formula is C22H26N3O3+. The minimum absolute atomic E-state index is 0.0899. The van der Waals surface area contributed by atoms with E-state index >= 15 is 0 Å². The van der Waals surface area contributed by atoms with E-state index in [4.69, 9.17) is 4.74 Å². The SMILES string of the molecule is CC(=O)N1C[C@H](C(=O)N[C@H]2CC[NH+](Cc3ccccc3)C2)Oc2ccccc21. The Labute approximate surface area is 165 Å². The van der Waals surface area contributed by atoms with E-state index in [9.17, 15) is 9.59 Å². The van der Waals surface area contributed by atoms with Crippen LogP contribution in [0, 0.1) is 0 Å². The molecule has 146 valence electrons. The number of hydrogen-bond acceptors (Lipinski definition) is 3. The first-order chi connectivity index (χ1) is 13.6. The first-order valence-corrected chi connectivity index (χ1v) is 9.82. The van der Waals surface area contributed by atoms with Crippen molar-refractivity contribution < 1.29 is 19.2 Å². The molecule has 0 radical (unpaired) electrons. The maximum absolute atomic E-state index is 12.8. The molecule has 0 aliphatic carbocycles. The number of nitrogens with one attached hydrogen (secondary N) is 2. The molecule has 6 heteroatoms. The van der Waals surface area contributed by atoms with Crippen molar-refractivity contribution in [3.05, 3.63) is 60.2 Å². The van der Waals surface area contributed by atoms with Crippen LogP contribution < -0.4 is 19.9 Å². The number of carbonyl (C=O) groups is 2. The zero-order chi connectivity index (χ0) is 19.5. The van der Waals surface area contributed by atoms with Crippen molar-refractivity contribution in [3.8, 4) is 5.75 Å². The number of para-hydroxylation sites is 2. The molecule has 1 fully saturated rings. The highest BCUT2D eigenvalue weighted by molar-refractivity contribution is 5.95. The summed E-state index contributed by atoms with van der Waals surface area (Å²) in [7, 11) is 0. The van der Waals surface area contributed by atoms with Crippen LogP contribution in [-0.2, 0) is 16.1 Å². The van der Waals surface area contributed by atoms with Crippen LogP contribution in [0.15, 0.2) is 54.6 Å². The Morgan fingerprint density at radius 2 is 1.89 bits per heavy atom.